The highest BCUT2D eigenvalue weighted by molar-refractivity contribution is 7.22. The summed E-state index contributed by atoms with van der Waals surface area (Å²) in [4.78, 5) is 19.6. The molecule has 1 spiro atoms. The molecule has 0 bridgehead atoms. The summed E-state index contributed by atoms with van der Waals surface area (Å²) in [5.74, 6) is 1.23. The third kappa shape index (κ3) is 3.15. The minimum absolute atomic E-state index is 0.403. The Morgan fingerprint density at radius 1 is 1.22 bits per heavy atom. The average Bonchev–Trinajstić information content (AvgIpc) is 3.30. The van der Waals surface area contributed by atoms with Gasteiger partial charge < -0.3 is 25.4 Å². The summed E-state index contributed by atoms with van der Waals surface area (Å²) in [6.07, 6.45) is 5.10. The van der Waals surface area contributed by atoms with E-state index in [1.54, 1.807) is 23.6 Å². The van der Waals surface area contributed by atoms with Gasteiger partial charge in [0.1, 0.15) is 18.0 Å². The highest BCUT2D eigenvalue weighted by atomic mass is 32.1. The van der Waals surface area contributed by atoms with Crippen LogP contribution in [0.3, 0.4) is 0 Å². The largest absolute Gasteiger partial charge is 0.384 e. The van der Waals surface area contributed by atoms with Crippen molar-refractivity contribution in [1.29, 1.82) is 0 Å². The molecule has 0 saturated carbocycles. The van der Waals surface area contributed by atoms with Crippen molar-refractivity contribution in [3.05, 3.63) is 24.7 Å². The zero-order chi connectivity index (χ0) is 18.3. The molecule has 10 heteroatoms. The molecule has 2 fully saturated rings. The highest BCUT2D eigenvalue weighted by Crippen LogP contribution is 2.38. The molecule has 0 radical (unpaired) electrons. The molecule has 3 aromatic rings. The molecule has 2 saturated heterocycles. The third-order valence-electron chi connectivity index (χ3n) is 4.73. The molecule has 0 aromatic carbocycles. The van der Waals surface area contributed by atoms with E-state index in [1.807, 2.05) is 6.07 Å². The van der Waals surface area contributed by atoms with E-state index in [0.717, 1.165) is 34.7 Å². The second-order valence-corrected chi connectivity index (χ2v) is 7.57. The summed E-state index contributed by atoms with van der Waals surface area (Å²) >= 11 is 1.60. The maximum Gasteiger partial charge on any atom is 0.186 e. The number of piperidine rings is 1. The van der Waals surface area contributed by atoms with Gasteiger partial charge in [-0.2, -0.15) is 0 Å². The number of pyridine rings is 1. The first kappa shape index (κ1) is 16.6. The van der Waals surface area contributed by atoms with Crippen molar-refractivity contribution >= 4 is 44.1 Å². The first-order valence-corrected chi connectivity index (χ1v) is 9.65. The van der Waals surface area contributed by atoms with Crippen LogP contribution < -0.4 is 16.0 Å². The van der Waals surface area contributed by atoms with Crippen LogP contribution in [0.25, 0.3) is 10.2 Å². The van der Waals surface area contributed by atoms with Crippen molar-refractivity contribution in [2.24, 2.45) is 0 Å². The van der Waals surface area contributed by atoms with E-state index in [1.165, 1.54) is 6.33 Å². The minimum Gasteiger partial charge on any atom is -0.384 e. The summed E-state index contributed by atoms with van der Waals surface area (Å²) in [6.45, 7) is 2.96. The van der Waals surface area contributed by atoms with E-state index in [4.69, 9.17) is 20.2 Å². The Bertz CT molecular complexity index is 973. The molecule has 2 aliphatic rings. The van der Waals surface area contributed by atoms with Gasteiger partial charge >= 0.3 is 0 Å². The standard InChI is InChI=1S/C17H19N7O2S/c18-12-8-13(21-10-20-12)23-15-14-11(2-4-19-15)22-16(27-14)24-5-1-3-17(9-24)25-6-7-26-17/h2,4,8,10H,1,3,5-7,9H2,(H3,18,19,20,21,23). The Morgan fingerprint density at radius 2 is 2.11 bits per heavy atom. The molecule has 3 aromatic heterocycles. The van der Waals surface area contributed by atoms with E-state index in [0.29, 0.717) is 37.2 Å². The van der Waals surface area contributed by atoms with E-state index < -0.39 is 5.79 Å². The topological polar surface area (TPSA) is 111 Å². The van der Waals surface area contributed by atoms with Gasteiger partial charge in [0.2, 0.25) is 0 Å². The molecular formula is C17H19N7O2S. The lowest BCUT2D eigenvalue weighted by Crippen LogP contribution is -2.49. The quantitative estimate of drug-likeness (QED) is 0.700. The number of ether oxygens (including phenoxy) is 2. The van der Waals surface area contributed by atoms with Crippen LogP contribution in [0.1, 0.15) is 12.8 Å². The lowest BCUT2D eigenvalue weighted by atomic mass is 10.1. The van der Waals surface area contributed by atoms with Crippen LogP contribution in [0.15, 0.2) is 24.7 Å². The van der Waals surface area contributed by atoms with Gasteiger partial charge in [-0.1, -0.05) is 11.3 Å². The van der Waals surface area contributed by atoms with Crippen LogP contribution in [0.5, 0.6) is 0 Å². The molecule has 9 nitrogen and oxygen atoms in total. The fraction of sp³-hybridized carbons (Fsp3) is 0.412. The summed E-state index contributed by atoms with van der Waals surface area (Å²) in [7, 11) is 0. The Balaban J connectivity index is 1.45. The van der Waals surface area contributed by atoms with Gasteiger partial charge in [0.05, 0.1) is 30.0 Å². The molecule has 0 amide bonds. The number of hydrogen-bond donors (Lipinski definition) is 2. The van der Waals surface area contributed by atoms with Crippen LogP contribution in [-0.4, -0.2) is 52.0 Å². The van der Waals surface area contributed by atoms with Gasteiger partial charge in [-0.05, 0) is 12.5 Å². The second kappa shape index (κ2) is 6.55. The van der Waals surface area contributed by atoms with E-state index in [9.17, 15) is 0 Å². The number of nitrogen functional groups attached to an aromatic ring is 1. The first-order valence-electron chi connectivity index (χ1n) is 8.84. The zero-order valence-electron chi connectivity index (χ0n) is 14.6. The van der Waals surface area contributed by atoms with Crippen molar-refractivity contribution in [1.82, 2.24) is 19.9 Å². The van der Waals surface area contributed by atoms with Crippen molar-refractivity contribution in [2.75, 3.05) is 42.3 Å². The van der Waals surface area contributed by atoms with Crippen LogP contribution in [-0.2, 0) is 9.47 Å². The van der Waals surface area contributed by atoms with Crippen LogP contribution in [0.4, 0.5) is 22.6 Å². The van der Waals surface area contributed by atoms with Crippen LogP contribution in [0, 0.1) is 0 Å². The Morgan fingerprint density at radius 3 is 2.96 bits per heavy atom. The molecule has 5 heterocycles. The fourth-order valence-corrected chi connectivity index (χ4v) is 4.54. The highest BCUT2D eigenvalue weighted by Gasteiger charge is 2.41. The predicted molar refractivity (Wildman–Crippen MR) is 103 cm³/mol. The smallest absolute Gasteiger partial charge is 0.186 e. The molecule has 27 heavy (non-hydrogen) atoms. The summed E-state index contributed by atoms with van der Waals surface area (Å²) in [5.41, 5.74) is 6.62. The average molecular weight is 385 g/mol. The molecule has 5 rings (SSSR count). The molecule has 0 unspecified atom stereocenters. The zero-order valence-corrected chi connectivity index (χ0v) is 15.4. The Labute approximate surface area is 159 Å². The number of nitrogens with two attached hydrogens (primary N) is 1. The van der Waals surface area contributed by atoms with E-state index in [2.05, 4.69) is 25.2 Å². The number of thiazole rings is 1. The van der Waals surface area contributed by atoms with Gasteiger partial charge in [-0.3, -0.25) is 0 Å². The van der Waals surface area contributed by atoms with Crippen LogP contribution >= 0.6 is 11.3 Å². The maximum absolute atomic E-state index is 5.88. The number of rotatable bonds is 3. The van der Waals surface area contributed by atoms with E-state index in [-0.39, 0.29) is 0 Å². The number of nitrogens with zero attached hydrogens (tertiary/aromatic N) is 5. The van der Waals surface area contributed by atoms with Crippen molar-refractivity contribution < 1.29 is 9.47 Å². The second-order valence-electron chi connectivity index (χ2n) is 6.59. The number of aromatic nitrogens is 4. The number of nitrogens with one attached hydrogen (secondary N) is 1. The lowest BCUT2D eigenvalue weighted by Gasteiger charge is -2.38. The van der Waals surface area contributed by atoms with Gasteiger partial charge in [-0.15, -0.1) is 0 Å². The summed E-state index contributed by atoms with van der Waals surface area (Å²) < 4.78 is 12.7. The summed E-state index contributed by atoms with van der Waals surface area (Å²) in [6, 6.07) is 3.59. The van der Waals surface area contributed by atoms with Crippen molar-refractivity contribution in [3.8, 4) is 0 Å². The fourth-order valence-electron chi connectivity index (χ4n) is 3.51. The molecule has 140 valence electrons. The van der Waals surface area contributed by atoms with E-state index >= 15 is 0 Å². The van der Waals surface area contributed by atoms with Gasteiger partial charge in [0.25, 0.3) is 0 Å². The number of anilines is 4. The molecular weight excluding hydrogens is 366 g/mol. The third-order valence-corrected chi connectivity index (χ3v) is 5.87. The molecule has 2 aliphatic heterocycles. The van der Waals surface area contributed by atoms with Crippen LogP contribution in [0.2, 0.25) is 0 Å². The molecule has 0 aliphatic carbocycles. The number of hydrogen-bond acceptors (Lipinski definition) is 10. The number of fused-ring (bicyclic) bond motifs is 1. The Hall–Kier alpha value is -2.56. The van der Waals surface area contributed by atoms with Gasteiger partial charge in [-0.25, -0.2) is 19.9 Å². The van der Waals surface area contributed by atoms with Gasteiger partial charge in [0, 0.05) is 25.2 Å². The minimum atomic E-state index is -0.478. The normalized spacial score (nSPS) is 19.0. The first-order chi connectivity index (χ1) is 13.2. The van der Waals surface area contributed by atoms with Gasteiger partial charge in [0.15, 0.2) is 16.7 Å². The summed E-state index contributed by atoms with van der Waals surface area (Å²) in [5, 5.41) is 4.16. The van der Waals surface area contributed by atoms with Crippen molar-refractivity contribution in [3.63, 3.8) is 0 Å². The maximum atomic E-state index is 5.88. The SMILES string of the molecule is Nc1cc(Nc2nccc3nc(N4CCCC5(C4)OCCO5)sc23)ncn1. The molecule has 3 N–H and O–H groups in total. The Kier molecular flexibility index (Phi) is 4.03. The lowest BCUT2D eigenvalue weighted by molar-refractivity contribution is -0.161. The van der Waals surface area contributed by atoms with Crippen molar-refractivity contribution in [2.45, 2.75) is 18.6 Å². The predicted octanol–water partition coefficient (Wildman–Crippen LogP) is 2.15. The monoisotopic (exact) mass is 385 g/mol. The molecule has 0 atom stereocenters.